The van der Waals surface area contributed by atoms with Gasteiger partial charge in [0, 0.05) is 0 Å². The van der Waals surface area contributed by atoms with Gasteiger partial charge in [0.15, 0.2) is 0 Å². The van der Waals surface area contributed by atoms with Crippen molar-refractivity contribution in [3.05, 3.63) is 12.7 Å². The Morgan fingerprint density at radius 3 is 1.20 bits per heavy atom. The van der Waals surface area contributed by atoms with Crippen LogP contribution >= 0.6 is 0 Å². The van der Waals surface area contributed by atoms with Crippen molar-refractivity contribution in [2.24, 2.45) is 0 Å². The van der Waals surface area contributed by atoms with Gasteiger partial charge in [-0.2, -0.15) is 0 Å². The molecule has 0 fully saturated rings. The average molecular weight is 400 g/mol. The van der Waals surface area contributed by atoms with E-state index in [1.807, 2.05) is 6.08 Å². The second kappa shape index (κ2) is 20.6. The normalized spacial score (nSPS) is 10.8. The van der Waals surface area contributed by atoms with Crippen molar-refractivity contribution in [1.29, 1.82) is 0 Å². The van der Waals surface area contributed by atoms with Gasteiger partial charge in [0.2, 0.25) is 0 Å². The van der Waals surface area contributed by atoms with Gasteiger partial charge in [0.05, 0.1) is 55.4 Å². The zero-order valence-electron chi connectivity index (χ0n) is 18.4. The molecular weight excluding hydrogens is 351 g/mol. The molecular formula is C21H48Cl2N2. The van der Waals surface area contributed by atoms with Gasteiger partial charge in [0.25, 0.3) is 0 Å². The van der Waals surface area contributed by atoms with Crippen LogP contribution in [0.3, 0.4) is 0 Å². The maximum absolute atomic E-state index is 3.63. The summed E-state index contributed by atoms with van der Waals surface area (Å²) < 4.78 is 2.10. The quantitative estimate of drug-likeness (QED) is 0.223. The molecule has 0 aromatic heterocycles. The highest BCUT2D eigenvalue weighted by atomic mass is 35.5. The lowest BCUT2D eigenvalue weighted by atomic mass is 10.1. The molecule has 156 valence electrons. The van der Waals surface area contributed by atoms with Crippen LogP contribution in [0, 0.1) is 0 Å². The summed E-state index contributed by atoms with van der Waals surface area (Å²) in [6.45, 7) is 8.29. The number of unbranched alkanes of at least 4 members (excludes halogenated alkanes) is 9. The summed E-state index contributed by atoms with van der Waals surface area (Å²) in [6.07, 6.45) is 16.3. The standard InChI is InChI=1S/C15H34N.C6H14N.2ClH/c1-5-6-7-8-9-10-11-12-13-14-15-16(2,3)4;1-5-6-7(2,3)4;;/h5-15H2,1-4H3;5H,1,6H2,2-4H3;2*1H/q2*+1;;/p-2. The molecule has 0 saturated carbocycles. The second-order valence-electron chi connectivity index (χ2n) is 8.96. The lowest BCUT2D eigenvalue weighted by Gasteiger charge is -2.23. The monoisotopic (exact) mass is 398 g/mol. The summed E-state index contributed by atoms with van der Waals surface area (Å²) in [5, 5.41) is 0. The predicted octanol–water partition coefficient (Wildman–Crippen LogP) is -0.500. The SMILES string of the molecule is C=CC[N+](C)(C)C.CCCCCCCCCCCC[N+](C)(C)C.[Cl-].[Cl-]. The number of halogens is 2. The van der Waals surface area contributed by atoms with Crippen LogP contribution in [0.2, 0.25) is 0 Å². The Hall–Kier alpha value is 0.240. The molecule has 0 heterocycles. The van der Waals surface area contributed by atoms with Gasteiger partial charge in [-0.15, -0.1) is 0 Å². The first-order valence-electron chi connectivity index (χ1n) is 9.84. The molecule has 0 aromatic carbocycles. The molecule has 25 heavy (non-hydrogen) atoms. The summed E-state index contributed by atoms with van der Waals surface area (Å²) in [7, 11) is 13.3. The minimum atomic E-state index is 0. The molecule has 0 aromatic rings. The van der Waals surface area contributed by atoms with Crippen molar-refractivity contribution in [1.82, 2.24) is 0 Å². The smallest absolute Gasteiger partial charge is 0.0964 e. The van der Waals surface area contributed by atoms with E-state index in [2.05, 4.69) is 55.8 Å². The van der Waals surface area contributed by atoms with Crippen molar-refractivity contribution < 1.29 is 33.8 Å². The van der Waals surface area contributed by atoms with Crippen LogP contribution in [0.15, 0.2) is 12.7 Å². The van der Waals surface area contributed by atoms with E-state index in [0.29, 0.717) is 0 Å². The Bertz CT molecular complexity index is 256. The topological polar surface area (TPSA) is 0 Å². The molecule has 0 spiro atoms. The molecule has 0 aliphatic heterocycles. The molecule has 0 amide bonds. The predicted molar refractivity (Wildman–Crippen MR) is 108 cm³/mol. The maximum atomic E-state index is 3.63. The molecule has 2 nitrogen and oxygen atoms in total. The molecule has 0 saturated heterocycles. The highest BCUT2D eigenvalue weighted by molar-refractivity contribution is 4.63. The summed E-state index contributed by atoms with van der Waals surface area (Å²) in [5.41, 5.74) is 0. The summed E-state index contributed by atoms with van der Waals surface area (Å²) in [6, 6.07) is 0. The van der Waals surface area contributed by atoms with E-state index in [0.717, 1.165) is 15.5 Å². The Labute approximate surface area is 173 Å². The van der Waals surface area contributed by atoms with Crippen molar-refractivity contribution in [3.8, 4) is 0 Å². The lowest BCUT2D eigenvalue weighted by molar-refractivity contribution is -0.870. The minimum Gasteiger partial charge on any atom is -1.00 e. The molecule has 0 aliphatic rings. The highest BCUT2D eigenvalue weighted by Gasteiger charge is 2.04. The molecule has 0 unspecified atom stereocenters. The third kappa shape index (κ3) is 40.3. The van der Waals surface area contributed by atoms with Crippen LogP contribution in [0.5, 0.6) is 0 Å². The number of likely N-dealkylation sites (N-methyl/N-ethyl adjacent to an activating group) is 1. The van der Waals surface area contributed by atoms with E-state index in [9.17, 15) is 0 Å². The van der Waals surface area contributed by atoms with Crippen molar-refractivity contribution >= 4 is 0 Å². The van der Waals surface area contributed by atoms with Gasteiger partial charge in [-0.1, -0.05) is 64.9 Å². The van der Waals surface area contributed by atoms with Crippen LogP contribution in [-0.4, -0.2) is 64.3 Å². The fourth-order valence-electron chi connectivity index (χ4n) is 2.46. The van der Waals surface area contributed by atoms with Gasteiger partial charge in [-0.05, 0) is 18.9 Å². The largest absolute Gasteiger partial charge is 1.00 e. The Kier molecular flexibility index (Phi) is 27.0. The lowest BCUT2D eigenvalue weighted by Crippen LogP contribution is -3.00. The van der Waals surface area contributed by atoms with Crippen molar-refractivity contribution in [3.63, 3.8) is 0 Å². The van der Waals surface area contributed by atoms with E-state index in [4.69, 9.17) is 0 Å². The average Bonchev–Trinajstić information content (AvgIpc) is 2.39. The fourth-order valence-corrected chi connectivity index (χ4v) is 2.46. The second-order valence-corrected chi connectivity index (χ2v) is 8.96. The number of quaternary nitrogens is 2. The summed E-state index contributed by atoms with van der Waals surface area (Å²) in [4.78, 5) is 0. The van der Waals surface area contributed by atoms with E-state index in [-0.39, 0.29) is 24.8 Å². The maximum Gasteiger partial charge on any atom is 0.0964 e. The van der Waals surface area contributed by atoms with E-state index in [1.165, 1.54) is 70.8 Å². The van der Waals surface area contributed by atoms with Crippen LogP contribution in [0.1, 0.15) is 71.1 Å². The zero-order valence-corrected chi connectivity index (χ0v) is 19.9. The van der Waals surface area contributed by atoms with Crippen LogP contribution in [0.4, 0.5) is 0 Å². The summed E-state index contributed by atoms with van der Waals surface area (Å²) >= 11 is 0. The number of hydrogen-bond acceptors (Lipinski definition) is 0. The first-order chi connectivity index (χ1) is 10.6. The Balaban J connectivity index is -0.000000210. The highest BCUT2D eigenvalue weighted by Crippen LogP contribution is 2.10. The molecule has 0 N–H and O–H groups in total. The minimum absolute atomic E-state index is 0. The van der Waals surface area contributed by atoms with Gasteiger partial charge < -0.3 is 33.8 Å². The molecule has 0 atom stereocenters. The Morgan fingerprint density at radius 1 is 0.600 bits per heavy atom. The zero-order chi connectivity index (χ0) is 18.2. The van der Waals surface area contributed by atoms with Crippen LogP contribution < -0.4 is 24.8 Å². The molecule has 0 rings (SSSR count). The van der Waals surface area contributed by atoms with Gasteiger partial charge >= 0.3 is 0 Å². The molecule has 0 bridgehead atoms. The van der Waals surface area contributed by atoms with Crippen LogP contribution in [-0.2, 0) is 0 Å². The third-order valence-corrected chi connectivity index (χ3v) is 3.86. The van der Waals surface area contributed by atoms with Gasteiger partial charge in [0.1, 0.15) is 0 Å². The first-order valence-corrected chi connectivity index (χ1v) is 9.84. The number of rotatable bonds is 13. The summed E-state index contributed by atoms with van der Waals surface area (Å²) in [5.74, 6) is 0. The first kappa shape index (κ1) is 32.9. The van der Waals surface area contributed by atoms with Crippen molar-refractivity contribution in [2.45, 2.75) is 71.1 Å². The van der Waals surface area contributed by atoms with Crippen molar-refractivity contribution in [2.75, 3.05) is 55.4 Å². The number of hydrogen-bond donors (Lipinski definition) is 0. The fraction of sp³-hybridized carbons (Fsp3) is 0.905. The molecule has 4 heteroatoms. The van der Waals surface area contributed by atoms with Gasteiger partial charge in [-0.25, -0.2) is 0 Å². The number of nitrogens with zero attached hydrogens (tertiary/aromatic N) is 2. The van der Waals surface area contributed by atoms with E-state index < -0.39 is 0 Å². The molecule has 0 radical (unpaired) electrons. The molecule has 0 aliphatic carbocycles. The third-order valence-electron chi connectivity index (χ3n) is 3.86. The van der Waals surface area contributed by atoms with E-state index >= 15 is 0 Å². The Morgan fingerprint density at radius 2 is 0.960 bits per heavy atom. The van der Waals surface area contributed by atoms with E-state index in [1.54, 1.807) is 0 Å². The van der Waals surface area contributed by atoms with Gasteiger partial charge in [-0.3, -0.25) is 0 Å². The van der Waals surface area contributed by atoms with Crippen LogP contribution in [0.25, 0.3) is 0 Å².